The first kappa shape index (κ1) is 16.1. The number of nitrogens with zero attached hydrogens (tertiary/aromatic N) is 1. The summed E-state index contributed by atoms with van der Waals surface area (Å²) in [5.74, 6) is 2.05. The van der Waals surface area contributed by atoms with Crippen molar-refractivity contribution in [2.24, 2.45) is 0 Å². The Morgan fingerprint density at radius 2 is 1.38 bits per heavy atom. The van der Waals surface area contributed by atoms with E-state index in [0.717, 1.165) is 36.0 Å². The van der Waals surface area contributed by atoms with E-state index in [1.807, 2.05) is 52.5 Å². The Morgan fingerprint density at radius 3 is 1.95 bits per heavy atom. The van der Waals surface area contributed by atoms with Crippen LogP contribution in [0, 0.1) is 0 Å². The van der Waals surface area contributed by atoms with Crippen LogP contribution >= 0.6 is 24.6 Å². The highest BCUT2D eigenvalue weighted by Gasteiger charge is 2.02. The van der Waals surface area contributed by atoms with E-state index in [2.05, 4.69) is 24.9 Å². The van der Waals surface area contributed by atoms with E-state index in [0.29, 0.717) is 0 Å². The first-order valence-corrected chi connectivity index (χ1v) is 8.39. The third-order valence-corrected chi connectivity index (χ3v) is 4.44. The van der Waals surface area contributed by atoms with E-state index in [-0.39, 0.29) is 0 Å². The third-order valence-electron chi connectivity index (χ3n) is 3.09. The number of hydrogen-bond donors (Lipinski definition) is 3. The van der Waals surface area contributed by atoms with E-state index in [4.69, 9.17) is 11.5 Å². The highest BCUT2D eigenvalue weighted by atomic mass is 32.2. The number of nitrogen functional groups attached to an aromatic ring is 2. The summed E-state index contributed by atoms with van der Waals surface area (Å²) in [6.45, 7) is 1.76. The van der Waals surface area contributed by atoms with Crippen LogP contribution in [0.5, 0.6) is 0 Å². The lowest BCUT2D eigenvalue weighted by Gasteiger charge is -2.15. The molecule has 0 atom stereocenters. The van der Waals surface area contributed by atoms with Crippen molar-refractivity contribution in [1.82, 2.24) is 4.31 Å². The van der Waals surface area contributed by atoms with Gasteiger partial charge in [0.15, 0.2) is 0 Å². The molecule has 21 heavy (non-hydrogen) atoms. The molecule has 5 heteroatoms. The second-order valence-corrected chi connectivity index (χ2v) is 6.59. The van der Waals surface area contributed by atoms with Crippen LogP contribution in [0.25, 0.3) is 0 Å². The Hall–Kier alpha value is -1.30. The number of rotatable bonds is 7. The maximum atomic E-state index is 5.68. The molecule has 0 aliphatic rings. The van der Waals surface area contributed by atoms with Crippen molar-refractivity contribution in [2.45, 2.75) is 12.3 Å². The van der Waals surface area contributed by atoms with Crippen molar-refractivity contribution >= 4 is 36.0 Å². The molecule has 0 radical (unpaired) electrons. The van der Waals surface area contributed by atoms with Crippen molar-refractivity contribution in [1.29, 1.82) is 0 Å². The van der Waals surface area contributed by atoms with Crippen LogP contribution in [0.15, 0.2) is 48.5 Å². The second-order valence-electron chi connectivity index (χ2n) is 4.92. The topological polar surface area (TPSA) is 55.3 Å². The SMILES string of the molecule is Nc1ccc(CSCCN(S)Cc2ccc(N)cc2)cc1. The van der Waals surface area contributed by atoms with Crippen LogP contribution in [-0.4, -0.2) is 16.6 Å². The van der Waals surface area contributed by atoms with Crippen LogP contribution < -0.4 is 11.5 Å². The second kappa shape index (κ2) is 8.22. The first-order valence-electron chi connectivity index (χ1n) is 6.84. The molecule has 2 aromatic carbocycles. The Morgan fingerprint density at radius 1 is 0.857 bits per heavy atom. The molecule has 0 bridgehead atoms. The molecule has 0 spiro atoms. The molecule has 112 valence electrons. The van der Waals surface area contributed by atoms with Gasteiger partial charge in [0, 0.05) is 36.0 Å². The Balaban J connectivity index is 1.66. The smallest absolute Gasteiger partial charge is 0.0338 e. The van der Waals surface area contributed by atoms with Crippen LogP contribution in [0.3, 0.4) is 0 Å². The molecule has 0 saturated carbocycles. The van der Waals surface area contributed by atoms with Gasteiger partial charge in [0.2, 0.25) is 0 Å². The Kier molecular flexibility index (Phi) is 6.29. The average molecular weight is 319 g/mol. The number of nitrogens with two attached hydrogens (primary N) is 2. The van der Waals surface area contributed by atoms with Crippen molar-refractivity contribution < 1.29 is 0 Å². The molecule has 0 aliphatic heterocycles. The van der Waals surface area contributed by atoms with Gasteiger partial charge < -0.3 is 11.5 Å². The van der Waals surface area contributed by atoms with E-state index in [1.165, 1.54) is 11.1 Å². The van der Waals surface area contributed by atoms with Gasteiger partial charge >= 0.3 is 0 Å². The van der Waals surface area contributed by atoms with E-state index in [1.54, 1.807) is 0 Å². The zero-order valence-electron chi connectivity index (χ0n) is 11.9. The Labute approximate surface area is 136 Å². The zero-order valence-corrected chi connectivity index (χ0v) is 13.6. The van der Waals surface area contributed by atoms with E-state index < -0.39 is 0 Å². The van der Waals surface area contributed by atoms with E-state index in [9.17, 15) is 0 Å². The summed E-state index contributed by atoms with van der Waals surface area (Å²) in [6.07, 6.45) is 0. The van der Waals surface area contributed by atoms with Gasteiger partial charge in [0.05, 0.1) is 0 Å². The lowest BCUT2D eigenvalue weighted by Crippen LogP contribution is -2.15. The molecular formula is C16H21N3S2. The minimum Gasteiger partial charge on any atom is -0.399 e. The largest absolute Gasteiger partial charge is 0.399 e. The van der Waals surface area contributed by atoms with Gasteiger partial charge in [0.25, 0.3) is 0 Å². The fraction of sp³-hybridized carbons (Fsp3) is 0.250. The van der Waals surface area contributed by atoms with Gasteiger partial charge in [-0.1, -0.05) is 37.1 Å². The summed E-state index contributed by atoms with van der Waals surface area (Å²) in [4.78, 5) is 0. The lowest BCUT2D eigenvalue weighted by atomic mass is 10.2. The van der Waals surface area contributed by atoms with Gasteiger partial charge in [-0.05, 0) is 35.4 Å². The normalized spacial score (nSPS) is 11.0. The van der Waals surface area contributed by atoms with Gasteiger partial charge in [-0.2, -0.15) is 11.8 Å². The predicted octanol–water partition coefficient (Wildman–Crippen LogP) is 3.43. The van der Waals surface area contributed by atoms with Gasteiger partial charge in [0.1, 0.15) is 0 Å². The minimum atomic E-state index is 0.795. The van der Waals surface area contributed by atoms with Crippen molar-refractivity contribution in [3.05, 3.63) is 59.7 Å². The minimum absolute atomic E-state index is 0.795. The number of anilines is 2. The maximum absolute atomic E-state index is 5.68. The molecule has 0 fully saturated rings. The molecule has 4 N–H and O–H groups in total. The molecule has 2 aromatic rings. The van der Waals surface area contributed by atoms with Crippen LogP contribution in [0.1, 0.15) is 11.1 Å². The third kappa shape index (κ3) is 5.91. The highest BCUT2D eigenvalue weighted by Crippen LogP contribution is 2.15. The lowest BCUT2D eigenvalue weighted by molar-refractivity contribution is 0.503. The summed E-state index contributed by atoms with van der Waals surface area (Å²) in [6, 6.07) is 16.0. The molecule has 2 rings (SSSR count). The number of benzene rings is 2. The monoisotopic (exact) mass is 319 g/mol. The molecular weight excluding hydrogens is 298 g/mol. The average Bonchev–Trinajstić information content (AvgIpc) is 2.48. The van der Waals surface area contributed by atoms with Crippen LogP contribution in [-0.2, 0) is 12.3 Å². The summed E-state index contributed by atoms with van der Waals surface area (Å²) in [7, 11) is 0. The predicted molar refractivity (Wildman–Crippen MR) is 97.3 cm³/mol. The van der Waals surface area contributed by atoms with Crippen molar-refractivity contribution in [3.8, 4) is 0 Å². The van der Waals surface area contributed by atoms with Crippen molar-refractivity contribution in [2.75, 3.05) is 23.8 Å². The molecule has 0 unspecified atom stereocenters. The highest BCUT2D eigenvalue weighted by molar-refractivity contribution is 7.98. The summed E-state index contributed by atoms with van der Waals surface area (Å²) < 4.78 is 2.03. The zero-order chi connectivity index (χ0) is 15.1. The van der Waals surface area contributed by atoms with Gasteiger partial charge in [-0.3, -0.25) is 0 Å². The maximum Gasteiger partial charge on any atom is 0.0338 e. The van der Waals surface area contributed by atoms with E-state index >= 15 is 0 Å². The van der Waals surface area contributed by atoms with Crippen LogP contribution in [0.4, 0.5) is 11.4 Å². The van der Waals surface area contributed by atoms with Gasteiger partial charge in [-0.25, -0.2) is 4.31 Å². The summed E-state index contributed by atoms with van der Waals surface area (Å²) in [5, 5.41) is 0. The molecule has 0 heterocycles. The number of thioether (sulfide) groups is 1. The fourth-order valence-electron chi connectivity index (χ4n) is 1.89. The fourth-order valence-corrected chi connectivity index (χ4v) is 3.21. The summed E-state index contributed by atoms with van der Waals surface area (Å²) >= 11 is 6.42. The molecule has 0 aromatic heterocycles. The standard InChI is InChI=1S/C16H21N3S2/c17-15-5-1-13(2-6-15)11-19(20)9-10-21-12-14-3-7-16(18)8-4-14/h1-8,20H,9-12,17-18H2. The first-order chi connectivity index (χ1) is 10.1. The number of thiol groups is 1. The molecule has 0 saturated heterocycles. The summed E-state index contributed by atoms with van der Waals surface area (Å²) in [5.41, 5.74) is 15.5. The molecule has 3 nitrogen and oxygen atoms in total. The van der Waals surface area contributed by atoms with Crippen LogP contribution in [0.2, 0.25) is 0 Å². The van der Waals surface area contributed by atoms with Gasteiger partial charge in [-0.15, -0.1) is 0 Å². The number of hydrogen-bond acceptors (Lipinski definition) is 5. The molecule has 0 amide bonds. The quantitative estimate of drug-likeness (QED) is 0.416. The molecule has 0 aliphatic carbocycles. The van der Waals surface area contributed by atoms with Crippen molar-refractivity contribution in [3.63, 3.8) is 0 Å². The Bertz CT molecular complexity index is 540.